The van der Waals surface area contributed by atoms with Gasteiger partial charge < -0.3 is 10.2 Å². The zero-order valence-electron chi connectivity index (χ0n) is 14.6. The number of hydrogen-bond acceptors (Lipinski definition) is 3. The third-order valence-corrected chi connectivity index (χ3v) is 4.77. The Morgan fingerprint density at radius 3 is 2.85 bits per heavy atom. The summed E-state index contributed by atoms with van der Waals surface area (Å²) in [4.78, 5) is 27.0. The van der Waals surface area contributed by atoms with Gasteiger partial charge in [0.2, 0.25) is 5.91 Å². The molecule has 4 rings (SSSR count). The van der Waals surface area contributed by atoms with Crippen LogP contribution >= 0.6 is 0 Å². The zero-order chi connectivity index (χ0) is 18.1. The Hall–Kier alpha value is -3.15. The Bertz CT molecular complexity index is 961. The standard InChI is InChI=1S/C20H20N4O2/c1-14-5-7-15(8-6-14)13-23-11-9-17(20(23)26)22-19(25)16-12-21-24-10-3-2-4-18(16)24/h2-8,10,12,17H,9,11,13H2,1H3,(H,22,25). The summed E-state index contributed by atoms with van der Waals surface area (Å²) in [6.07, 6.45) is 3.94. The minimum absolute atomic E-state index is 0.0320. The Labute approximate surface area is 151 Å². The maximum absolute atomic E-state index is 12.6. The largest absolute Gasteiger partial charge is 0.340 e. The van der Waals surface area contributed by atoms with Gasteiger partial charge in [-0.2, -0.15) is 5.10 Å². The van der Waals surface area contributed by atoms with Gasteiger partial charge in [-0.3, -0.25) is 9.59 Å². The van der Waals surface area contributed by atoms with Gasteiger partial charge in [-0.25, -0.2) is 4.52 Å². The summed E-state index contributed by atoms with van der Waals surface area (Å²) in [6.45, 7) is 3.26. The molecule has 2 amide bonds. The highest BCUT2D eigenvalue weighted by molar-refractivity contribution is 6.02. The van der Waals surface area contributed by atoms with E-state index in [9.17, 15) is 9.59 Å². The lowest BCUT2D eigenvalue weighted by molar-refractivity contribution is -0.129. The number of nitrogens with one attached hydrogen (secondary N) is 1. The van der Waals surface area contributed by atoms with Gasteiger partial charge in [0.1, 0.15) is 6.04 Å². The molecule has 0 saturated carbocycles. The Kier molecular flexibility index (Phi) is 4.16. The third-order valence-electron chi connectivity index (χ3n) is 4.77. The van der Waals surface area contributed by atoms with Crippen LogP contribution in [0.2, 0.25) is 0 Å². The Morgan fingerprint density at radius 1 is 1.23 bits per heavy atom. The van der Waals surface area contributed by atoms with E-state index in [-0.39, 0.29) is 11.8 Å². The summed E-state index contributed by atoms with van der Waals surface area (Å²) in [5.74, 6) is -0.294. The summed E-state index contributed by atoms with van der Waals surface area (Å²) >= 11 is 0. The lowest BCUT2D eigenvalue weighted by Gasteiger charge is -2.17. The number of hydrogen-bond donors (Lipinski definition) is 1. The van der Waals surface area contributed by atoms with Crippen molar-refractivity contribution in [2.24, 2.45) is 0 Å². The molecule has 0 spiro atoms. The van der Waals surface area contributed by atoms with Crippen LogP contribution in [0.4, 0.5) is 0 Å². The van der Waals surface area contributed by atoms with Crippen LogP contribution < -0.4 is 5.32 Å². The molecule has 0 radical (unpaired) electrons. The molecule has 1 saturated heterocycles. The van der Waals surface area contributed by atoms with Crippen LogP contribution in [0.5, 0.6) is 0 Å². The highest BCUT2D eigenvalue weighted by Crippen LogP contribution is 2.17. The van der Waals surface area contributed by atoms with Crippen molar-refractivity contribution in [2.75, 3.05) is 6.54 Å². The molecule has 6 heteroatoms. The topological polar surface area (TPSA) is 66.7 Å². The van der Waals surface area contributed by atoms with Gasteiger partial charge in [0, 0.05) is 19.3 Å². The number of nitrogens with zero attached hydrogens (tertiary/aromatic N) is 3. The lowest BCUT2D eigenvalue weighted by Crippen LogP contribution is -2.41. The number of carbonyl (C=O) groups is 2. The molecular formula is C20H20N4O2. The van der Waals surface area contributed by atoms with Gasteiger partial charge in [-0.1, -0.05) is 35.9 Å². The van der Waals surface area contributed by atoms with Crippen molar-refractivity contribution < 1.29 is 9.59 Å². The quantitative estimate of drug-likeness (QED) is 0.786. The number of benzene rings is 1. The summed E-state index contributed by atoms with van der Waals surface area (Å²) in [6, 6.07) is 13.2. The molecule has 132 valence electrons. The van der Waals surface area contributed by atoms with Gasteiger partial charge in [0.15, 0.2) is 0 Å². The van der Waals surface area contributed by atoms with Crippen LogP contribution in [-0.4, -0.2) is 38.9 Å². The van der Waals surface area contributed by atoms with E-state index in [1.54, 1.807) is 15.6 Å². The van der Waals surface area contributed by atoms with Crippen molar-refractivity contribution >= 4 is 17.3 Å². The van der Waals surface area contributed by atoms with Crippen molar-refractivity contribution in [2.45, 2.75) is 25.9 Å². The van der Waals surface area contributed by atoms with E-state index in [0.717, 1.165) is 11.1 Å². The third kappa shape index (κ3) is 3.06. The van der Waals surface area contributed by atoms with Gasteiger partial charge in [0.25, 0.3) is 5.91 Å². The minimum Gasteiger partial charge on any atom is -0.340 e. The monoisotopic (exact) mass is 348 g/mol. The second kappa shape index (κ2) is 6.63. The summed E-state index contributed by atoms with van der Waals surface area (Å²) in [7, 11) is 0. The van der Waals surface area contributed by atoms with Crippen molar-refractivity contribution in [3.8, 4) is 0 Å². The Balaban J connectivity index is 1.43. The highest BCUT2D eigenvalue weighted by Gasteiger charge is 2.33. The molecule has 0 aliphatic carbocycles. The number of rotatable bonds is 4. The van der Waals surface area contributed by atoms with E-state index in [0.29, 0.717) is 25.1 Å². The minimum atomic E-state index is -0.480. The number of aryl methyl sites for hydroxylation is 1. The molecule has 1 fully saturated rings. The molecule has 0 bridgehead atoms. The summed E-state index contributed by atoms with van der Waals surface area (Å²) in [5, 5.41) is 7.04. The molecular weight excluding hydrogens is 328 g/mol. The SMILES string of the molecule is Cc1ccc(CN2CCC(NC(=O)c3cnn4ccccc34)C2=O)cc1. The fourth-order valence-corrected chi connectivity index (χ4v) is 3.29. The normalized spacial score (nSPS) is 17.0. The molecule has 3 aromatic rings. The smallest absolute Gasteiger partial charge is 0.255 e. The number of amides is 2. The lowest BCUT2D eigenvalue weighted by atomic mass is 10.1. The van der Waals surface area contributed by atoms with Gasteiger partial charge in [0.05, 0.1) is 17.3 Å². The fraction of sp³-hybridized carbons (Fsp3) is 0.250. The Morgan fingerprint density at radius 2 is 2.04 bits per heavy atom. The summed E-state index contributed by atoms with van der Waals surface area (Å²) < 4.78 is 1.65. The van der Waals surface area contributed by atoms with E-state index < -0.39 is 6.04 Å². The maximum Gasteiger partial charge on any atom is 0.255 e. The second-order valence-electron chi connectivity index (χ2n) is 6.65. The van der Waals surface area contributed by atoms with Crippen LogP contribution in [0.25, 0.3) is 5.52 Å². The van der Waals surface area contributed by atoms with Crippen LogP contribution in [0.15, 0.2) is 54.9 Å². The molecule has 1 aliphatic rings. The molecule has 1 aliphatic heterocycles. The van der Waals surface area contributed by atoms with Crippen molar-refractivity contribution in [1.29, 1.82) is 0 Å². The van der Waals surface area contributed by atoms with Crippen molar-refractivity contribution in [3.63, 3.8) is 0 Å². The first-order valence-corrected chi connectivity index (χ1v) is 8.69. The maximum atomic E-state index is 12.6. The number of aromatic nitrogens is 2. The molecule has 2 aromatic heterocycles. The number of pyridine rings is 1. The zero-order valence-corrected chi connectivity index (χ0v) is 14.6. The van der Waals surface area contributed by atoms with E-state index in [4.69, 9.17) is 0 Å². The molecule has 1 atom stereocenters. The fourth-order valence-electron chi connectivity index (χ4n) is 3.29. The van der Waals surface area contributed by atoms with Crippen LogP contribution in [0.1, 0.15) is 27.9 Å². The summed E-state index contributed by atoms with van der Waals surface area (Å²) in [5.41, 5.74) is 3.50. The van der Waals surface area contributed by atoms with Crippen LogP contribution in [0, 0.1) is 6.92 Å². The molecule has 3 heterocycles. The predicted molar refractivity (Wildman–Crippen MR) is 97.7 cm³/mol. The highest BCUT2D eigenvalue weighted by atomic mass is 16.2. The average molecular weight is 348 g/mol. The molecule has 6 nitrogen and oxygen atoms in total. The van der Waals surface area contributed by atoms with E-state index >= 15 is 0 Å². The van der Waals surface area contributed by atoms with Crippen LogP contribution in [-0.2, 0) is 11.3 Å². The van der Waals surface area contributed by atoms with E-state index in [2.05, 4.69) is 10.4 Å². The average Bonchev–Trinajstić information content (AvgIpc) is 3.22. The van der Waals surface area contributed by atoms with E-state index in [1.807, 2.05) is 49.4 Å². The van der Waals surface area contributed by atoms with Gasteiger partial charge >= 0.3 is 0 Å². The number of fused-ring (bicyclic) bond motifs is 1. The first-order chi connectivity index (χ1) is 12.6. The van der Waals surface area contributed by atoms with Crippen LogP contribution in [0.3, 0.4) is 0 Å². The predicted octanol–water partition coefficient (Wildman–Crippen LogP) is 2.17. The molecule has 1 unspecified atom stereocenters. The number of carbonyl (C=O) groups excluding carboxylic acids is 2. The van der Waals surface area contributed by atoms with Gasteiger partial charge in [-0.05, 0) is 31.0 Å². The molecule has 1 N–H and O–H groups in total. The van der Waals surface area contributed by atoms with Gasteiger partial charge in [-0.15, -0.1) is 0 Å². The first-order valence-electron chi connectivity index (χ1n) is 8.69. The number of likely N-dealkylation sites (tertiary alicyclic amines) is 1. The first kappa shape index (κ1) is 16.3. The van der Waals surface area contributed by atoms with E-state index in [1.165, 1.54) is 11.8 Å². The van der Waals surface area contributed by atoms with Crippen molar-refractivity contribution in [1.82, 2.24) is 19.8 Å². The van der Waals surface area contributed by atoms with Crippen molar-refractivity contribution in [3.05, 3.63) is 71.5 Å². The second-order valence-corrected chi connectivity index (χ2v) is 6.65. The molecule has 1 aromatic carbocycles. The molecule has 26 heavy (non-hydrogen) atoms.